The van der Waals surface area contributed by atoms with Gasteiger partial charge >= 0.3 is 0 Å². The van der Waals surface area contributed by atoms with Gasteiger partial charge in [-0.2, -0.15) is 17.9 Å². The van der Waals surface area contributed by atoms with E-state index in [2.05, 4.69) is 9.82 Å². The molecular weight excluding hydrogens is 470 g/mol. The molecule has 0 bridgehead atoms. The van der Waals surface area contributed by atoms with Gasteiger partial charge in [0.25, 0.3) is 10.0 Å². The summed E-state index contributed by atoms with van der Waals surface area (Å²) in [5.74, 6) is -0.0455. The largest absolute Gasteiger partial charge is 0.284 e. The predicted octanol–water partition coefficient (Wildman–Crippen LogP) is 4.61. The third-order valence-electron chi connectivity index (χ3n) is 5.83. The first-order chi connectivity index (χ1) is 16.1. The second-order valence-corrected chi connectivity index (χ2v) is 12.1. The number of hydrogen-bond acceptors (Lipinski definition) is 5. The van der Waals surface area contributed by atoms with Gasteiger partial charge in [-0.1, -0.05) is 54.1 Å². The maximum atomic E-state index is 13.6. The molecule has 0 fully saturated rings. The van der Waals surface area contributed by atoms with E-state index in [0.29, 0.717) is 23.4 Å². The molecule has 0 saturated carbocycles. The van der Waals surface area contributed by atoms with Gasteiger partial charge in [0.15, 0.2) is 0 Å². The Morgan fingerprint density at radius 3 is 2.32 bits per heavy atom. The predicted molar refractivity (Wildman–Crippen MR) is 135 cm³/mol. The molecule has 0 radical (unpaired) electrons. The first-order valence-corrected chi connectivity index (χ1v) is 14.0. The molecule has 1 heterocycles. The standard InChI is InChI=1S/C25H27N3O4S2/c1-4-33(29,30)27-21-10-7-9-20(16-21)24-17-25(23-11-6-5-8-19(23)3)28(26-24)34(31,32)22-14-12-18(2)13-15-22/h5-16,25,27H,4,17H2,1-3H3/t25-/m0/s1. The van der Waals surface area contributed by atoms with E-state index in [-0.39, 0.29) is 10.6 Å². The minimum atomic E-state index is -3.92. The second kappa shape index (κ2) is 9.23. The third-order valence-corrected chi connectivity index (χ3v) is 8.84. The summed E-state index contributed by atoms with van der Waals surface area (Å²) in [5, 5.41) is 4.57. The summed E-state index contributed by atoms with van der Waals surface area (Å²) >= 11 is 0. The summed E-state index contributed by atoms with van der Waals surface area (Å²) in [5.41, 5.74) is 4.45. The van der Waals surface area contributed by atoms with Crippen molar-refractivity contribution in [2.75, 3.05) is 10.5 Å². The number of nitrogens with one attached hydrogen (secondary N) is 1. The molecule has 178 valence electrons. The molecular formula is C25H27N3O4S2. The molecule has 0 amide bonds. The Kier molecular flexibility index (Phi) is 6.51. The van der Waals surface area contributed by atoms with Crippen molar-refractivity contribution in [3.05, 3.63) is 95.1 Å². The van der Waals surface area contributed by atoms with Gasteiger partial charge in [-0.25, -0.2) is 8.42 Å². The monoisotopic (exact) mass is 497 g/mol. The normalized spacial score (nSPS) is 16.4. The molecule has 1 aliphatic rings. The number of benzene rings is 3. The lowest BCUT2D eigenvalue weighted by Crippen LogP contribution is -2.27. The van der Waals surface area contributed by atoms with E-state index in [1.807, 2.05) is 38.1 Å². The number of sulfonamides is 2. The topological polar surface area (TPSA) is 95.9 Å². The summed E-state index contributed by atoms with van der Waals surface area (Å²) < 4.78 is 55.0. The number of nitrogens with zero attached hydrogens (tertiary/aromatic N) is 2. The fourth-order valence-corrected chi connectivity index (χ4v) is 5.96. The maximum Gasteiger partial charge on any atom is 0.279 e. The lowest BCUT2D eigenvalue weighted by Gasteiger charge is -2.24. The van der Waals surface area contributed by atoms with E-state index in [1.54, 1.807) is 55.5 Å². The van der Waals surface area contributed by atoms with Crippen LogP contribution in [-0.4, -0.2) is 32.7 Å². The lowest BCUT2D eigenvalue weighted by molar-refractivity contribution is 0.370. The molecule has 34 heavy (non-hydrogen) atoms. The number of hydrazone groups is 1. The van der Waals surface area contributed by atoms with Crippen LogP contribution in [-0.2, 0) is 20.0 Å². The van der Waals surface area contributed by atoms with Gasteiger partial charge in [0.05, 0.1) is 22.4 Å². The van der Waals surface area contributed by atoms with Crippen LogP contribution >= 0.6 is 0 Å². The molecule has 1 N–H and O–H groups in total. The molecule has 0 unspecified atom stereocenters. The summed E-state index contributed by atoms with van der Waals surface area (Å²) in [7, 11) is -7.36. The summed E-state index contributed by atoms with van der Waals surface area (Å²) in [6.07, 6.45) is 0.361. The van der Waals surface area contributed by atoms with E-state index in [9.17, 15) is 16.8 Å². The average molecular weight is 498 g/mol. The molecule has 7 nitrogen and oxygen atoms in total. The van der Waals surface area contributed by atoms with Gasteiger partial charge < -0.3 is 0 Å². The Bertz CT molecular complexity index is 1450. The zero-order valence-electron chi connectivity index (χ0n) is 19.3. The zero-order chi connectivity index (χ0) is 24.5. The number of hydrogen-bond donors (Lipinski definition) is 1. The molecule has 0 aromatic heterocycles. The van der Waals surface area contributed by atoms with Gasteiger partial charge in [0.1, 0.15) is 0 Å². The van der Waals surface area contributed by atoms with E-state index >= 15 is 0 Å². The van der Waals surface area contributed by atoms with Crippen LogP contribution in [0.1, 0.15) is 41.6 Å². The maximum absolute atomic E-state index is 13.6. The van der Waals surface area contributed by atoms with E-state index in [4.69, 9.17) is 0 Å². The molecule has 0 aliphatic carbocycles. The van der Waals surface area contributed by atoms with Crippen LogP contribution in [0.3, 0.4) is 0 Å². The Hall–Kier alpha value is -3.17. The van der Waals surface area contributed by atoms with Crippen molar-refractivity contribution >= 4 is 31.4 Å². The number of aryl methyl sites for hydroxylation is 2. The average Bonchev–Trinajstić information content (AvgIpc) is 3.26. The van der Waals surface area contributed by atoms with Crippen LogP contribution in [0.15, 0.2) is 82.8 Å². The highest BCUT2D eigenvalue weighted by Crippen LogP contribution is 2.38. The third kappa shape index (κ3) is 4.85. The zero-order valence-corrected chi connectivity index (χ0v) is 20.9. The van der Waals surface area contributed by atoms with Gasteiger partial charge in [0.2, 0.25) is 10.0 Å². The highest BCUT2D eigenvalue weighted by atomic mass is 32.2. The Morgan fingerprint density at radius 1 is 0.941 bits per heavy atom. The van der Waals surface area contributed by atoms with E-state index < -0.39 is 26.1 Å². The molecule has 1 atom stereocenters. The van der Waals surface area contributed by atoms with E-state index in [0.717, 1.165) is 16.7 Å². The van der Waals surface area contributed by atoms with Crippen molar-refractivity contribution in [1.82, 2.24) is 4.41 Å². The molecule has 4 rings (SSSR count). The highest BCUT2D eigenvalue weighted by molar-refractivity contribution is 7.92. The summed E-state index contributed by atoms with van der Waals surface area (Å²) in [4.78, 5) is 0.172. The molecule has 0 spiro atoms. The van der Waals surface area contributed by atoms with Crippen molar-refractivity contribution in [3.8, 4) is 0 Å². The quantitative estimate of drug-likeness (QED) is 0.516. The van der Waals surface area contributed by atoms with Crippen LogP contribution in [0, 0.1) is 13.8 Å². The summed E-state index contributed by atoms with van der Waals surface area (Å²) in [6.45, 7) is 5.41. The first-order valence-electron chi connectivity index (χ1n) is 11.0. The Morgan fingerprint density at radius 2 is 1.65 bits per heavy atom. The number of rotatable bonds is 7. The van der Waals surface area contributed by atoms with Crippen LogP contribution in [0.5, 0.6) is 0 Å². The van der Waals surface area contributed by atoms with Crippen molar-refractivity contribution in [3.63, 3.8) is 0 Å². The Balaban J connectivity index is 1.78. The molecule has 0 saturated heterocycles. The first kappa shape index (κ1) is 24.0. The van der Waals surface area contributed by atoms with Crippen molar-refractivity contribution in [2.24, 2.45) is 5.10 Å². The minimum absolute atomic E-state index is 0.0455. The Labute approximate surface area is 201 Å². The van der Waals surface area contributed by atoms with Gasteiger partial charge in [-0.05, 0) is 61.7 Å². The van der Waals surface area contributed by atoms with Crippen molar-refractivity contribution in [2.45, 2.75) is 38.1 Å². The minimum Gasteiger partial charge on any atom is -0.284 e. The highest BCUT2D eigenvalue weighted by Gasteiger charge is 2.38. The molecule has 3 aromatic carbocycles. The van der Waals surface area contributed by atoms with Crippen LogP contribution in [0.2, 0.25) is 0 Å². The molecule has 9 heteroatoms. The summed E-state index contributed by atoms with van der Waals surface area (Å²) in [6, 6.07) is 20.7. The van der Waals surface area contributed by atoms with Crippen molar-refractivity contribution < 1.29 is 16.8 Å². The van der Waals surface area contributed by atoms with Gasteiger partial charge in [-0.3, -0.25) is 4.72 Å². The van der Waals surface area contributed by atoms with Gasteiger partial charge in [-0.15, -0.1) is 0 Å². The van der Waals surface area contributed by atoms with E-state index in [1.165, 1.54) is 4.41 Å². The lowest BCUT2D eigenvalue weighted by atomic mass is 9.96. The second-order valence-electron chi connectivity index (χ2n) is 8.30. The fraction of sp³-hybridized carbons (Fsp3) is 0.240. The molecule has 3 aromatic rings. The van der Waals surface area contributed by atoms with Crippen molar-refractivity contribution in [1.29, 1.82) is 0 Å². The smallest absolute Gasteiger partial charge is 0.279 e. The van der Waals surface area contributed by atoms with Crippen LogP contribution in [0.25, 0.3) is 0 Å². The van der Waals surface area contributed by atoms with Gasteiger partial charge in [0, 0.05) is 12.1 Å². The molecule has 1 aliphatic heterocycles. The van der Waals surface area contributed by atoms with Crippen LogP contribution < -0.4 is 4.72 Å². The number of anilines is 1. The van der Waals surface area contributed by atoms with Crippen LogP contribution in [0.4, 0.5) is 5.69 Å². The SMILES string of the molecule is CCS(=O)(=O)Nc1cccc(C2=NN(S(=O)(=O)c3ccc(C)cc3)[C@H](c3ccccc3C)C2)c1. The fourth-order valence-electron chi connectivity index (χ4n) is 3.91.